The Morgan fingerprint density at radius 3 is 2.76 bits per heavy atom. The molecule has 1 amide bonds. The predicted molar refractivity (Wildman–Crippen MR) is 75.7 cm³/mol. The number of rotatable bonds is 4. The minimum absolute atomic E-state index is 0.0668. The van der Waals surface area contributed by atoms with Crippen LogP contribution in [-0.2, 0) is 16.6 Å². The Labute approximate surface area is 125 Å². The maximum atomic E-state index is 12.9. The number of hydrogen-bond acceptors (Lipinski definition) is 3. The fourth-order valence-electron chi connectivity index (χ4n) is 1.66. The minimum Gasteiger partial charge on any atom is -0.451 e. The molecule has 2 aromatic rings. The highest BCUT2D eigenvalue weighted by Gasteiger charge is 2.13. The first-order valence-electron chi connectivity index (χ1n) is 6.00. The lowest BCUT2D eigenvalue weighted by molar-refractivity contribution is -0.119. The molecule has 110 valence electrons. The molecule has 1 heterocycles. The molecule has 0 aliphatic heterocycles. The van der Waals surface area contributed by atoms with Crippen LogP contribution < -0.4 is 5.32 Å². The van der Waals surface area contributed by atoms with Gasteiger partial charge in [-0.05, 0) is 30.3 Å². The average molecular weight is 311 g/mol. The topological polar surface area (TPSA) is 60.3 Å². The van der Waals surface area contributed by atoms with Crippen LogP contribution in [0.2, 0.25) is 5.02 Å². The number of anilines is 1. The second kappa shape index (κ2) is 6.41. The van der Waals surface area contributed by atoms with Crippen molar-refractivity contribution < 1.29 is 18.7 Å². The molecule has 0 radical (unpaired) electrons. The molecule has 0 aliphatic rings. The normalized spacial score (nSPS) is 10.2. The van der Waals surface area contributed by atoms with E-state index in [9.17, 15) is 14.0 Å². The van der Waals surface area contributed by atoms with Gasteiger partial charge in [0.05, 0.1) is 10.7 Å². The van der Waals surface area contributed by atoms with Crippen LogP contribution in [0.25, 0.3) is 0 Å². The second-order valence-corrected chi connectivity index (χ2v) is 4.66. The summed E-state index contributed by atoms with van der Waals surface area (Å²) < 4.78 is 19.3. The van der Waals surface area contributed by atoms with Crippen LogP contribution in [0.3, 0.4) is 0 Å². The number of aryl methyl sites for hydroxylation is 1. The summed E-state index contributed by atoms with van der Waals surface area (Å²) in [6.45, 7) is -0.461. The van der Waals surface area contributed by atoms with E-state index in [1.54, 1.807) is 29.9 Å². The van der Waals surface area contributed by atoms with Crippen LogP contribution in [0.4, 0.5) is 10.1 Å². The number of halogens is 2. The van der Waals surface area contributed by atoms with Gasteiger partial charge in [-0.25, -0.2) is 9.18 Å². The lowest BCUT2D eigenvalue weighted by Crippen LogP contribution is -2.22. The lowest BCUT2D eigenvalue weighted by Gasteiger charge is -2.08. The van der Waals surface area contributed by atoms with Gasteiger partial charge in [0.15, 0.2) is 6.61 Å². The molecule has 0 saturated carbocycles. The molecule has 5 nitrogen and oxygen atoms in total. The number of benzene rings is 1. The molecule has 21 heavy (non-hydrogen) atoms. The molecule has 0 bridgehead atoms. The molecule has 0 saturated heterocycles. The van der Waals surface area contributed by atoms with Gasteiger partial charge in [0, 0.05) is 13.2 Å². The Bertz CT molecular complexity index is 685. The van der Waals surface area contributed by atoms with Gasteiger partial charge in [-0.15, -0.1) is 0 Å². The second-order valence-electron chi connectivity index (χ2n) is 4.25. The molecule has 1 aromatic carbocycles. The summed E-state index contributed by atoms with van der Waals surface area (Å²) in [6, 6.07) is 6.84. The van der Waals surface area contributed by atoms with Gasteiger partial charge in [0.1, 0.15) is 11.5 Å². The highest BCUT2D eigenvalue weighted by atomic mass is 35.5. The number of carbonyl (C=O) groups is 2. The van der Waals surface area contributed by atoms with Crippen molar-refractivity contribution in [3.63, 3.8) is 0 Å². The van der Waals surface area contributed by atoms with E-state index in [2.05, 4.69) is 5.32 Å². The maximum absolute atomic E-state index is 12.9. The number of ether oxygens (including phenoxy) is 1. The van der Waals surface area contributed by atoms with Crippen LogP contribution in [0.1, 0.15) is 10.5 Å². The molecular weight excluding hydrogens is 299 g/mol. The molecule has 0 atom stereocenters. The smallest absolute Gasteiger partial charge is 0.355 e. The SMILES string of the molecule is Cn1cccc1C(=O)OCC(=O)Nc1ccc(F)cc1Cl. The minimum atomic E-state index is -0.608. The van der Waals surface area contributed by atoms with Gasteiger partial charge in [-0.3, -0.25) is 4.79 Å². The van der Waals surface area contributed by atoms with Crippen LogP contribution >= 0.6 is 11.6 Å². The van der Waals surface area contributed by atoms with E-state index in [-0.39, 0.29) is 10.7 Å². The third-order valence-electron chi connectivity index (χ3n) is 2.69. The monoisotopic (exact) mass is 310 g/mol. The maximum Gasteiger partial charge on any atom is 0.355 e. The Kier molecular flexibility index (Phi) is 4.59. The van der Waals surface area contributed by atoms with E-state index in [0.29, 0.717) is 5.69 Å². The molecule has 0 spiro atoms. The Hall–Kier alpha value is -2.34. The predicted octanol–water partition coefficient (Wildman–Crippen LogP) is 2.61. The van der Waals surface area contributed by atoms with E-state index in [0.717, 1.165) is 12.1 Å². The number of hydrogen-bond donors (Lipinski definition) is 1. The summed E-state index contributed by atoms with van der Waals surface area (Å²) in [5.74, 6) is -1.68. The molecule has 2 rings (SSSR count). The third-order valence-corrected chi connectivity index (χ3v) is 3.01. The molecule has 1 N–H and O–H groups in total. The van der Waals surface area contributed by atoms with Crippen LogP contribution in [-0.4, -0.2) is 23.1 Å². The Balaban J connectivity index is 1.90. The van der Waals surface area contributed by atoms with Crippen molar-refractivity contribution in [2.75, 3.05) is 11.9 Å². The van der Waals surface area contributed by atoms with Crippen LogP contribution in [0, 0.1) is 5.82 Å². The number of aromatic nitrogens is 1. The van der Waals surface area contributed by atoms with Gasteiger partial charge < -0.3 is 14.6 Å². The van der Waals surface area contributed by atoms with Crippen molar-refractivity contribution in [2.45, 2.75) is 0 Å². The number of carbonyl (C=O) groups excluding carboxylic acids is 2. The first kappa shape index (κ1) is 15.1. The van der Waals surface area contributed by atoms with Crippen LogP contribution in [0.15, 0.2) is 36.5 Å². The lowest BCUT2D eigenvalue weighted by atomic mass is 10.3. The van der Waals surface area contributed by atoms with E-state index in [4.69, 9.17) is 16.3 Å². The fraction of sp³-hybridized carbons (Fsp3) is 0.143. The Morgan fingerprint density at radius 2 is 2.14 bits per heavy atom. The summed E-state index contributed by atoms with van der Waals surface area (Å²) in [5.41, 5.74) is 0.584. The van der Waals surface area contributed by atoms with Gasteiger partial charge in [-0.1, -0.05) is 11.6 Å². The van der Waals surface area contributed by atoms with Crippen molar-refractivity contribution in [1.29, 1.82) is 0 Å². The largest absolute Gasteiger partial charge is 0.451 e. The van der Waals surface area contributed by atoms with Crippen molar-refractivity contribution in [2.24, 2.45) is 7.05 Å². The molecule has 0 aliphatic carbocycles. The van der Waals surface area contributed by atoms with Crippen LogP contribution in [0.5, 0.6) is 0 Å². The summed E-state index contributed by atoms with van der Waals surface area (Å²) in [6.07, 6.45) is 1.69. The highest BCUT2D eigenvalue weighted by Crippen LogP contribution is 2.22. The van der Waals surface area contributed by atoms with E-state index in [1.165, 1.54) is 6.07 Å². The quantitative estimate of drug-likeness (QED) is 0.883. The summed E-state index contributed by atoms with van der Waals surface area (Å²) in [5, 5.41) is 2.50. The van der Waals surface area contributed by atoms with Crippen molar-refractivity contribution >= 4 is 29.2 Å². The van der Waals surface area contributed by atoms with Gasteiger partial charge in [0.25, 0.3) is 5.91 Å². The number of nitrogens with zero attached hydrogens (tertiary/aromatic N) is 1. The zero-order chi connectivity index (χ0) is 15.4. The van der Waals surface area contributed by atoms with Crippen molar-refractivity contribution in [3.8, 4) is 0 Å². The zero-order valence-corrected chi connectivity index (χ0v) is 11.9. The first-order chi connectivity index (χ1) is 9.97. The van der Waals surface area contributed by atoms with E-state index in [1.807, 2.05) is 0 Å². The van der Waals surface area contributed by atoms with Gasteiger partial charge in [0.2, 0.25) is 0 Å². The molecule has 0 unspecified atom stereocenters. The number of amides is 1. The summed E-state index contributed by atoms with van der Waals surface area (Å²) in [7, 11) is 1.69. The molecule has 1 aromatic heterocycles. The Morgan fingerprint density at radius 1 is 1.38 bits per heavy atom. The van der Waals surface area contributed by atoms with E-state index < -0.39 is 24.3 Å². The van der Waals surface area contributed by atoms with Crippen molar-refractivity contribution in [3.05, 3.63) is 53.1 Å². The molecule has 0 fully saturated rings. The number of esters is 1. The zero-order valence-electron chi connectivity index (χ0n) is 11.1. The fourth-order valence-corrected chi connectivity index (χ4v) is 1.87. The summed E-state index contributed by atoms with van der Waals surface area (Å²) >= 11 is 5.77. The van der Waals surface area contributed by atoms with Gasteiger partial charge in [-0.2, -0.15) is 0 Å². The van der Waals surface area contributed by atoms with Crippen molar-refractivity contribution in [1.82, 2.24) is 4.57 Å². The average Bonchev–Trinajstić information content (AvgIpc) is 2.85. The highest BCUT2D eigenvalue weighted by molar-refractivity contribution is 6.33. The third kappa shape index (κ3) is 3.82. The van der Waals surface area contributed by atoms with Gasteiger partial charge >= 0.3 is 5.97 Å². The number of nitrogens with one attached hydrogen (secondary N) is 1. The summed E-state index contributed by atoms with van der Waals surface area (Å²) in [4.78, 5) is 23.4. The molecule has 7 heteroatoms. The standard InChI is InChI=1S/C14H12ClFN2O3/c1-18-6-2-3-12(18)14(20)21-8-13(19)17-11-5-4-9(16)7-10(11)15/h2-7H,8H2,1H3,(H,17,19). The molecular formula is C14H12ClFN2O3. The first-order valence-corrected chi connectivity index (χ1v) is 6.38. The van der Waals surface area contributed by atoms with E-state index >= 15 is 0 Å².